The number of anilines is 1. The zero-order chi connectivity index (χ0) is 17.7. The highest BCUT2D eigenvalue weighted by molar-refractivity contribution is 5.90. The van der Waals surface area contributed by atoms with E-state index in [0.717, 1.165) is 31.7 Å². The van der Waals surface area contributed by atoms with E-state index in [2.05, 4.69) is 50.9 Å². The lowest BCUT2D eigenvalue weighted by Gasteiger charge is -2.37. The third kappa shape index (κ3) is 2.48. The first kappa shape index (κ1) is 15.8. The predicted octanol–water partition coefficient (Wildman–Crippen LogP) is 2.72. The van der Waals surface area contributed by atoms with Crippen LogP contribution >= 0.6 is 0 Å². The highest BCUT2D eigenvalue weighted by atomic mass is 15.2. The molecule has 3 aromatic rings. The van der Waals surface area contributed by atoms with Crippen molar-refractivity contribution in [1.29, 1.82) is 0 Å². The molecule has 1 fully saturated rings. The van der Waals surface area contributed by atoms with Crippen molar-refractivity contribution in [3.05, 3.63) is 47.8 Å². The molecule has 26 heavy (non-hydrogen) atoms. The number of hydrogen-bond donors (Lipinski definition) is 1. The molecule has 1 unspecified atom stereocenters. The standard InChI is InChI=1S/C20H24N6/c1-13-9-17-16(19(24-12-23-17)14-5-8-25(2)10-14)11-26(13)18-4-7-22-20-15(18)3-6-21-20/h3-4,6-7,12-14H,5,8-11H2,1-2H3,(H,21,22)/t13-,14?/m0/s1. The van der Waals surface area contributed by atoms with Gasteiger partial charge in [-0.25, -0.2) is 15.0 Å². The molecular weight excluding hydrogens is 324 g/mol. The normalized spacial score (nSPS) is 23.5. The van der Waals surface area contributed by atoms with Crippen molar-refractivity contribution in [3.63, 3.8) is 0 Å². The van der Waals surface area contributed by atoms with Crippen molar-refractivity contribution in [1.82, 2.24) is 24.8 Å². The van der Waals surface area contributed by atoms with Crippen LogP contribution in [0.1, 0.15) is 36.2 Å². The largest absolute Gasteiger partial charge is 0.363 e. The van der Waals surface area contributed by atoms with E-state index in [1.54, 1.807) is 6.33 Å². The molecule has 0 saturated carbocycles. The maximum Gasteiger partial charge on any atom is 0.139 e. The maximum absolute atomic E-state index is 4.73. The van der Waals surface area contributed by atoms with Gasteiger partial charge in [-0.05, 0) is 39.1 Å². The summed E-state index contributed by atoms with van der Waals surface area (Å²) in [4.78, 5) is 21.9. The summed E-state index contributed by atoms with van der Waals surface area (Å²) in [7, 11) is 2.20. The first-order chi connectivity index (χ1) is 12.7. The fourth-order valence-corrected chi connectivity index (χ4v) is 4.56. The fraction of sp³-hybridized carbons (Fsp3) is 0.450. The number of likely N-dealkylation sites (tertiary alicyclic amines) is 1. The number of aromatic nitrogens is 4. The Kier molecular flexibility index (Phi) is 3.67. The Morgan fingerprint density at radius 3 is 2.96 bits per heavy atom. The molecule has 2 aliphatic rings. The van der Waals surface area contributed by atoms with Crippen molar-refractivity contribution in [3.8, 4) is 0 Å². The summed E-state index contributed by atoms with van der Waals surface area (Å²) < 4.78 is 0. The fourth-order valence-electron chi connectivity index (χ4n) is 4.56. The van der Waals surface area contributed by atoms with Gasteiger partial charge in [0.15, 0.2) is 0 Å². The number of nitrogens with one attached hydrogen (secondary N) is 1. The van der Waals surface area contributed by atoms with Gasteiger partial charge < -0.3 is 14.8 Å². The number of H-pyrrole nitrogens is 1. The molecule has 134 valence electrons. The van der Waals surface area contributed by atoms with Crippen molar-refractivity contribution < 1.29 is 0 Å². The molecule has 0 amide bonds. The number of pyridine rings is 1. The van der Waals surface area contributed by atoms with Crippen LogP contribution in [0.15, 0.2) is 30.9 Å². The third-order valence-electron chi connectivity index (χ3n) is 5.94. The first-order valence-electron chi connectivity index (χ1n) is 9.40. The van der Waals surface area contributed by atoms with Crippen LogP contribution in [0.3, 0.4) is 0 Å². The molecule has 5 heterocycles. The van der Waals surface area contributed by atoms with Gasteiger partial charge in [0.1, 0.15) is 12.0 Å². The molecule has 0 spiro atoms. The summed E-state index contributed by atoms with van der Waals surface area (Å²) in [5, 5.41) is 1.18. The molecule has 5 rings (SSSR count). The Bertz CT molecular complexity index is 948. The number of hydrogen-bond acceptors (Lipinski definition) is 5. The number of fused-ring (bicyclic) bond motifs is 2. The van der Waals surface area contributed by atoms with Gasteiger partial charge in [0.05, 0.1) is 11.4 Å². The van der Waals surface area contributed by atoms with Gasteiger partial charge in [0, 0.05) is 60.5 Å². The van der Waals surface area contributed by atoms with Crippen LogP contribution < -0.4 is 4.90 Å². The quantitative estimate of drug-likeness (QED) is 0.772. The highest BCUT2D eigenvalue weighted by Gasteiger charge is 2.31. The van der Waals surface area contributed by atoms with E-state index in [-0.39, 0.29) is 0 Å². The van der Waals surface area contributed by atoms with Gasteiger partial charge in [-0.15, -0.1) is 0 Å². The lowest BCUT2D eigenvalue weighted by molar-refractivity contribution is 0.410. The Morgan fingerprint density at radius 2 is 2.12 bits per heavy atom. The van der Waals surface area contributed by atoms with Crippen LogP contribution in [-0.4, -0.2) is 51.0 Å². The van der Waals surface area contributed by atoms with E-state index in [1.807, 2.05) is 12.4 Å². The Balaban J connectivity index is 1.56. The molecule has 1 saturated heterocycles. The van der Waals surface area contributed by atoms with Gasteiger partial charge in [0.25, 0.3) is 0 Å². The zero-order valence-corrected chi connectivity index (χ0v) is 15.3. The van der Waals surface area contributed by atoms with Crippen LogP contribution in [0, 0.1) is 0 Å². The molecule has 3 aromatic heterocycles. The van der Waals surface area contributed by atoms with Crippen LogP contribution in [0.25, 0.3) is 11.0 Å². The molecular formula is C20H24N6. The maximum atomic E-state index is 4.73. The van der Waals surface area contributed by atoms with Crippen molar-refractivity contribution in [2.24, 2.45) is 0 Å². The van der Waals surface area contributed by atoms with E-state index >= 15 is 0 Å². The van der Waals surface area contributed by atoms with Crippen molar-refractivity contribution >= 4 is 16.7 Å². The minimum Gasteiger partial charge on any atom is -0.363 e. The summed E-state index contributed by atoms with van der Waals surface area (Å²) >= 11 is 0. The molecule has 0 aromatic carbocycles. The van der Waals surface area contributed by atoms with Crippen LogP contribution in [-0.2, 0) is 13.0 Å². The Morgan fingerprint density at radius 1 is 1.19 bits per heavy atom. The predicted molar refractivity (Wildman–Crippen MR) is 102 cm³/mol. The minimum atomic E-state index is 0.400. The SMILES string of the molecule is C[C@H]1Cc2ncnc(C3CCN(C)C3)c2CN1c1ccnc2[nH]ccc12. The number of nitrogens with zero attached hydrogens (tertiary/aromatic N) is 5. The second-order valence-electron chi connectivity index (χ2n) is 7.68. The minimum absolute atomic E-state index is 0.400. The van der Waals surface area contributed by atoms with E-state index in [9.17, 15) is 0 Å². The van der Waals surface area contributed by atoms with Crippen molar-refractivity contribution in [2.75, 3.05) is 25.0 Å². The van der Waals surface area contributed by atoms with E-state index in [4.69, 9.17) is 4.98 Å². The lowest BCUT2D eigenvalue weighted by Crippen LogP contribution is -2.40. The summed E-state index contributed by atoms with van der Waals surface area (Å²) in [5.74, 6) is 0.525. The monoisotopic (exact) mass is 348 g/mol. The molecule has 2 atom stereocenters. The van der Waals surface area contributed by atoms with Crippen molar-refractivity contribution in [2.45, 2.75) is 38.3 Å². The molecule has 0 bridgehead atoms. The highest BCUT2D eigenvalue weighted by Crippen LogP contribution is 2.36. The molecule has 1 N–H and O–H groups in total. The van der Waals surface area contributed by atoms with Gasteiger partial charge in [-0.1, -0.05) is 0 Å². The third-order valence-corrected chi connectivity index (χ3v) is 5.94. The number of rotatable bonds is 2. The Hall–Kier alpha value is -2.47. The summed E-state index contributed by atoms with van der Waals surface area (Å²) in [6.45, 7) is 5.40. The smallest absolute Gasteiger partial charge is 0.139 e. The molecule has 0 aliphatic carbocycles. The van der Waals surface area contributed by atoms with E-state index in [0.29, 0.717) is 12.0 Å². The molecule has 2 aliphatic heterocycles. The summed E-state index contributed by atoms with van der Waals surface area (Å²) in [6.07, 6.45) is 7.78. The van der Waals surface area contributed by atoms with Gasteiger partial charge in [-0.2, -0.15) is 0 Å². The molecule has 6 heteroatoms. The van der Waals surface area contributed by atoms with E-state index in [1.165, 1.54) is 34.4 Å². The van der Waals surface area contributed by atoms with Gasteiger partial charge >= 0.3 is 0 Å². The molecule has 0 radical (unpaired) electrons. The Labute approximate surface area is 153 Å². The zero-order valence-electron chi connectivity index (χ0n) is 15.3. The van der Waals surface area contributed by atoms with Crippen LogP contribution in [0.5, 0.6) is 0 Å². The number of likely N-dealkylation sites (N-methyl/N-ethyl adjacent to an activating group) is 1. The average Bonchev–Trinajstić information content (AvgIpc) is 3.29. The summed E-state index contributed by atoms with van der Waals surface area (Å²) in [6, 6.07) is 4.65. The van der Waals surface area contributed by atoms with Gasteiger partial charge in [0.2, 0.25) is 0 Å². The lowest BCUT2D eigenvalue weighted by atomic mass is 9.92. The topological polar surface area (TPSA) is 60.9 Å². The van der Waals surface area contributed by atoms with Crippen LogP contribution in [0.4, 0.5) is 5.69 Å². The average molecular weight is 348 g/mol. The second-order valence-corrected chi connectivity index (χ2v) is 7.68. The summed E-state index contributed by atoms with van der Waals surface area (Å²) in [5.41, 5.74) is 6.02. The molecule has 6 nitrogen and oxygen atoms in total. The second kappa shape index (κ2) is 6.06. The van der Waals surface area contributed by atoms with E-state index < -0.39 is 0 Å². The first-order valence-corrected chi connectivity index (χ1v) is 9.40. The number of aromatic amines is 1. The van der Waals surface area contributed by atoms with Crippen LogP contribution in [0.2, 0.25) is 0 Å². The van der Waals surface area contributed by atoms with Gasteiger partial charge in [-0.3, -0.25) is 0 Å².